The summed E-state index contributed by atoms with van der Waals surface area (Å²) in [4.78, 5) is 48.1. The molecule has 3 rings (SSSR count). The van der Waals surface area contributed by atoms with Crippen LogP contribution in [-0.2, 0) is 9.30 Å². The van der Waals surface area contributed by atoms with Crippen molar-refractivity contribution in [3.63, 3.8) is 0 Å². The van der Waals surface area contributed by atoms with Crippen LogP contribution in [-0.4, -0.2) is 55.4 Å². The topological polar surface area (TPSA) is 188 Å². The van der Waals surface area contributed by atoms with Crippen LogP contribution in [0, 0.1) is 0 Å². The Hall–Kier alpha value is -0.370. The first kappa shape index (κ1) is 29.7. The van der Waals surface area contributed by atoms with Crippen LogP contribution in [0.5, 0.6) is 0 Å². The van der Waals surface area contributed by atoms with Gasteiger partial charge in [-0.25, -0.2) is 4.79 Å². The molecular weight excluding hydrogens is 465 g/mol. The summed E-state index contributed by atoms with van der Waals surface area (Å²) in [6, 6.07) is 8.99. The van der Waals surface area contributed by atoms with E-state index in [2.05, 4.69) is 4.98 Å². The third-order valence-electron chi connectivity index (χ3n) is 4.59. The Kier molecular flexibility index (Phi) is 11.5. The molecule has 14 heteroatoms. The largest absolute Gasteiger partial charge is 1.00 e. The number of aliphatic hydroxyl groups excluding tert-OH is 3. The number of H-pyrrole nitrogens is 1. The minimum absolute atomic E-state index is 0. The molecule has 2 aromatic rings. The van der Waals surface area contributed by atoms with Crippen molar-refractivity contribution in [3.05, 3.63) is 68.5 Å². The summed E-state index contributed by atoms with van der Waals surface area (Å²) < 4.78 is 17.0. The van der Waals surface area contributed by atoms with Gasteiger partial charge in [0.2, 0.25) is 0 Å². The van der Waals surface area contributed by atoms with Crippen LogP contribution in [0.2, 0.25) is 0 Å². The summed E-state index contributed by atoms with van der Waals surface area (Å²) in [5.74, 6) is 0. The molecule has 0 spiro atoms. The molecule has 4 N–H and O–H groups in total. The number of aromatic nitrogens is 2. The SMILES string of the molecule is O=c1[nH]c(=O)n([C@@H]2O[C@H]([C@H](O)CP(=O)([O-])[O-])[C@@H](O)[C@H]2O)cc1/C=C/c1ccccc1.[Na+].[Na+]. The molecule has 11 nitrogen and oxygen atoms in total. The molecule has 162 valence electrons. The monoisotopic (exact) mass is 484 g/mol. The summed E-state index contributed by atoms with van der Waals surface area (Å²) >= 11 is 0. The van der Waals surface area contributed by atoms with Crippen molar-refractivity contribution in [2.24, 2.45) is 0 Å². The molecule has 1 aromatic carbocycles. The molecule has 1 aliphatic heterocycles. The standard InChI is InChI=1S/C18H21N2O9P.2Na/c21-12(9-30(26,27)28)15-13(22)14(23)17(29-15)20-8-11(16(24)19-18(20)25)7-6-10-4-2-1-3-5-10;;/h1-8,12-15,17,21-23H,9H2,(H,19,24,25)(H2,26,27,28);;/q;2*+1/p-2/b7-6+;;/t12-,13+,14-,15-,17-;;/m1../s1. The first-order chi connectivity index (χ1) is 14.1. The van der Waals surface area contributed by atoms with Gasteiger partial charge in [0, 0.05) is 12.4 Å². The molecular formula is C18H19N2Na2O9P. The van der Waals surface area contributed by atoms with Crippen molar-refractivity contribution in [1.29, 1.82) is 0 Å². The number of rotatable bonds is 6. The molecule has 0 aliphatic carbocycles. The van der Waals surface area contributed by atoms with Crippen LogP contribution in [0.4, 0.5) is 0 Å². The quantitative estimate of drug-likeness (QED) is 0.228. The smallest absolute Gasteiger partial charge is 0.811 e. The Balaban J connectivity index is 0.00000256. The van der Waals surface area contributed by atoms with E-state index in [1.165, 1.54) is 6.08 Å². The number of hydrogen-bond acceptors (Lipinski definition) is 9. The van der Waals surface area contributed by atoms with Gasteiger partial charge in [0.15, 0.2) is 6.23 Å². The van der Waals surface area contributed by atoms with Gasteiger partial charge in [-0.15, -0.1) is 0 Å². The molecule has 1 saturated heterocycles. The summed E-state index contributed by atoms with van der Waals surface area (Å²) in [6.45, 7) is 0. The maximum atomic E-state index is 12.2. The van der Waals surface area contributed by atoms with Crippen molar-refractivity contribution in [3.8, 4) is 0 Å². The third-order valence-corrected chi connectivity index (χ3v) is 5.41. The molecule has 32 heavy (non-hydrogen) atoms. The number of ether oxygens (including phenoxy) is 1. The van der Waals surface area contributed by atoms with Crippen LogP contribution >= 0.6 is 7.60 Å². The molecule has 0 amide bonds. The fourth-order valence-corrected chi connectivity index (χ4v) is 3.79. The first-order valence-corrected chi connectivity index (χ1v) is 10.6. The van der Waals surface area contributed by atoms with Gasteiger partial charge in [0.1, 0.15) is 18.3 Å². The third kappa shape index (κ3) is 7.31. The molecule has 0 bridgehead atoms. The number of aromatic amines is 1. The van der Waals surface area contributed by atoms with Gasteiger partial charge in [-0.1, -0.05) is 44.0 Å². The van der Waals surface area contributed by atoms with Crippen molar-refractivity contribution < 1.29 is 93.5 Å². The molecule has 0 unspecified atom stereocenters. The fourth-order valence-electron chi connectivity index (χ4n) is 3.13. The van der Waals surface area contributed by atoms with E-state index in [0.717, 1.165) is 16.3 Å². The molecule has 0 radical (unpaired) electrons. The van der Waals surface area contributed by atoms with Crippen LogP contribution in [0.1, 0.15) is 17.4 Å². The van der Waals surface area contributed by atoms with E-state index in [9.17, 15) is 39.3 Å². The fraction of sp³-hybridized carbons (Fsp3) is 0.333. The Bertz CT molecular complexity index is 1090. The van der Waals surface area contributed by atoms with Crippen molar-refractivity contribution in [2.45, 2.75) is 30.6 Å². The number of hydrogen-bond donors (Lipinski definition) is 4. The molecule has 1 aliphatic rings. The van der Waals surface area contributed by atoms with Gasteiger partial charge in [0.25, 0.3) is 5.56 Å². The summed E-state index contributed by atoms with van der Waals surface area (Å²) in [6.07, 6.45) is -5.69. The average Bonchev–Trinajstić information content (AvgIpc) is 2.96. The average molecular weight is 484 g/mol. The Labute approximate surface area is 226 Å². The Morgan fingerprint density at radius 1 is 1.12 bits per heavy atom. The van der Waals surface area contributed by atoms with Crippen LogP contribution in [0.3, 0.4) is 0 Å². The van der Waals surface area contributed by atoms with Gasteiger partial charge in [-0.2, -0.15) is 0 Å². The molecule has 5 atom stereocenters. The van der Waals surface area contributed by atoms with Gasteiger partial charge in [-0.3, -0.25) is 14.3 Å². The van der Waals surface area contributed by atoms with Gasteiger partial charge < -0.3 is 34.4 Å². The summed E-state index contributed by atoms with van der Waals surface area (Å²) in [5, 5.41) is 30.2. The number of benzene rings is 1. The van der Waals surface area contributed by atoms with Crippen molar-refractivity contribution in [2.75, 3.05) is 6.16 Å². The van der Waals surface area contributed by atoms with Crippen molar-refractivity contribution in [1.82, 2.24) is 9.55 Å². The Morgan fingerprint density at radius 2 is 1.75 bits per heavy atom. The van der Waals surface area contributed by atoms with Gasteiger partial charge >= 0.3 is 64.8 Å². The zero-order valence-corrected chi connectivity index (χ0v) is 22.3. The van der Waals surface area contributed by atoms with E-state index in [1.54, 1.807) is 30.3 Å². The molecule has 2 heterocycles. The summed E-state index contributed by atoms with van der Waals surface area (Å²) in [5.41, 5.74) is -0.838. The van der Waals surface area contributed by atoms with E-state index >= 15 is 0 Å². The zero-order chi connectivity index (χ0) is 22.1. The number of nitrogens with zero attached hydrogens (tertiary/aromatic N) is 1. The molecule has 1 fully saturated rings. The van der Waals surface area contributed by atoms with Crippen molar-refractivity contribution >= 4 is 19.7 Å². The van der Waals surface area contributed by atoms with Gasteiger partial charge in [-0.05, 0) is 11.6 Å². The number of aliphatic hydroxyl groups is 3. The van der Waals surface area contributed by atoms with Gasteiger partial charge in [0.05, 0.1) is 11.7 Å². The first-order valence-electron chi connectivity index (χ1n) is 8.86. The predicted molar refractivity (Wildman–Crippen MR) is 101 cm³/mol. The molecule has 0 saturated carbocycles. The number of nitrogens with one attached hydrogen (secondary N) is 1. The maximum Gasteiger partial charge on any atom is 1.00 e. The predicted octanol–water partition coefficient (Wildman–Crippen LogP) is -8.39. The van der Waals surface area contributed by atoms with Crippen LogP contribution < -0.4 is 80.2 Å². The summed E-state index contributed by atoms with van der Waals surface area (Å²) in [7, 11) is -5.12. The normalized spacial score (nSPS) is 24.0. The van der Waals surface area contributed by atoms with E-state index < -0.39 is 55.7 Å². The van der Waals surface area contributed by atoms with E-state index in [0.29, 0.717) is 0 Å². The second-order valence-corrected chi connectivity index (χ2v) is 8.42. The van der Waals surface area contributed by atoms with Crippen LogP contribution in [0.25, 0.3) is 12.2 Å². The van der Waals surface area contributed by atoms with E-state index in [-0.39, 0.29) is 64.7 Å². The van der Waals surface area contributed by atoms with E-state index in [4.69, 9.17) is 4.74 Å². The minimum atomic E-state index is -5.12. The minimum Gasteiger partial charge on any atom is -0.811 e. The molecule has 1 aromatic heterocycles. The maximum absolute atomic E-state index is 12.2. The van der Waals surface area contributed by atoms with E-state index in [1.807, 2.05) is 6.07 Å². The second-order valence-electron chi connectivity index (χ2n) is 6.83. The zero-order valence-electron chi connectivity index (χ0n) is 17.4. The Morgan fingerprint density at radius 3 is 2.34 bits per heavy atom. The second kappa shape index (κ2) is 12.4. The van der Waals surface area contributed by atoms with Crippen LogP contribution in [0.15, 0.2) is 46.1 Å².